The summed E-state index contributed by atoms with van der Waals surface area (Å²) in [5, 5.41) is 2.89. The zero-order valence-electron chi connectivity index (χ0n) is 15.4. The van der Waals surface area contributed by atoms with E-state index in [-0.39, 0.29) is 11.8 Å². The zero-order chi connectivity index (χ0) is 18.2. The molecule has 5 nitrogen and oxygen atoms in total. The number of hydrogen-bond acceptors (Lipinski definition) is 4. The van der Waals surface area contributed by atoms with Crippen molar-refractivity contribution in [2.24, 2.45) is 0 Å². The fourth-order valence-corrected chi connectivity index (χ4v) is 4.29. The molecule has 0 radical (unpaired) electrons. The first kappa shape index (κ1) is 19.8. The second kappa shape index (κ2) is 9.82. The van der Waals surface area contributed by atoms with Gasteiger partial charge in [0.25, 0.3) is 0 Å². The minimum Gasteiger partial charge on any atom is -0.330 e. The van der Waals surface area contributed by atoms with Gasteiger partial charge in [-0.05, 0) is 44.7 Å². The quantitative estimate of drug-likeness (QED) is 0.772. The van der Waals surface area contributed by atoms with Crippen molar-refractivity contribution in [1.82, 2.24) is 9.80 Å². The van der Waals surface area contributed by atoms with Crippen LogP contribution in [0.4, 0.5) is 5.69 Å². The molecule has 2 amide bonds. The van der Waals surface area contributed by atoms with Gasteiger partial charge in [0.05, 0.1) is 6.54 Å². The lowest BCUT2D eigenvalue weighted by molar-refractivity contribution is -0.139. The Morgan fingerprint density at radius 2 is 2.04 bits per heavy atom. The fraction of sp³-hybridized carbons (Fsp3) is 0.579. The van der Waals surface area contributed by atoms with E-state index >= 15 is 0 Å². The highest BCUT2D eigenvalue weighted by Crippen LogP contribution is 2.21. The van der Waals surface area contributed by atoms with Crippen molar-refractivity contribution in [3.63, 3.8) is 0 Å². The Morgan fingerprint density at radius 3 is 2.64 bits per heavy atom. The highest BCUT2D eigenvalue weighted by atomic mass is 32.2. The van der Waals surface area contributed by atoms with Crippen LogP contribution in [-0.2, 0) is 9.59 Å². The molecule has 1 heterocycles. The maximum atomic E-state index is 12.8. The standard InChI is InChI=1S/C19H29N3O2S/c1-4-11-22(18(23)13-21(3)17-10-12-25-14-17)15(2)19(24)20-16-8-6-5-7-9-16/h5-9,15,17H,4,10-14H2,1-3H3,(H,20,24). The largest absolute Gasteiger partial charge is 0.330 e. The molecule has 1 aromatic carbocycles. The SMILES string of the molecule is CCCN(C(=O)CN(C)C1CCSC1)C(C)C(=O)Nc1ccccc1. The summed E-state index contributed by atoms with van der Waals surface area (Å²) in [6, 6.07) is 9.34. The number of thioether (sulfide) groups is 1. The van der Waals surface area contributed by atoms with Gasteiger partial charge in [-0.25, -0.2) is 0 Å². The Hall–Kier alpha value is -1.53. The van der Waals surface area contributed by atoms with Crippen molar-refractivity contribution in [1.29, 1.82) is 0 Å². The number of rotatable bonds is 8. The third kappa shape index (κ3) is 5.75. The number of carbonyl (C=O) groups excluding carboxylic acids is 2. The molecule has 1 fully saturated rings. The minimum atomic E-state index is -0.487. The summed E-state index contributed by atoms with van der Waals surface area (Å²) in [5.41, 5.74) is 0.753. The predicted octanol–water partition coefficient (Wildman–Crippen LogP) is 2.69. The molecule has 0 bridgehead atoms. The molecule has 1 aromatic rings. The highest BCUT2D eigenvalue weighted by molar-refractivity contribution is 7.99. The van der Waals surface area contributed by atoms with Crippen LogP contribution in [0, 0.1) is 0 Å². The Bertz CT molecular complexity index is 561. The molecule has 25 heavy (non-hydrogen) atoms. The Kier molecular flexibility index (Phi) is 7.78. The number of likely N-dealkylation sites (N-methyl/N-ethyl adjacent to an activating group) is 1. The molecule has 1 aliphatic heterocycles. The first-order chi connectivity index (χ1) is 12.0. The number of carbonyl (C=O) groups is 2. The smallest absolute Gasteiger partial charge is 0.246 e. The molecular formula is C19H29N3O2S. The molecule has 1 aliphatic rings. The Balaban J connectivity index is 1.96. The van der Waals surface area contributed by atoms with Crippen LogP contribution in [-0.4, -0.2) is 65.3 Å². The molecule has 2 unspecified atom stereocenters. The zero-order valence-corrected chi connectivity index (χ0v) is 16.2. The van der Waals surface area contributed by atoms with Gasteiger partial charge in [0.15, 0.2) is 0 Å². The molecule has 1 N–H and O–H groups in total. The summed E-state index contributed by atoms with van der Waals surface area (Å²) < 4.78 is 0. The summed E-state index contributed by atoms with van der Waals surface area (Å²) in [6.07, 6.45) is 1.96. The molecule has 0 saturated carbocycles. The molecule has 2 rings (SSSR count). The van der Waals surface area contributed by atoms with Crippen molar-refractivity contribution < 1.29 is 9.59 Å². The second-order valence-corrected chi connectivity index (χ2v) is 7.70. The lowest BCUT2D eigenvalue weighted by Gasteiger charge is -2.31. The van der Waals surface area contributed by atoms with Crippen LogP contribution in [0.25, 0.3) is 0 Å². The molecule has 0 aromatic heterocycles. The number of benzene rings is 1. The monoisotopic (exact) mass is 363 g/mol. The molecule has 0 aliphatic carbocycles. The van der Waals surface area contributed by atoms with E-state index in [0.717, 1.165) is 30.0 Å². The van der Waals surface area contributed by atoms with Gasteiger partial charge in [-0.1, -0.05) is 25.1 Å². The van der Waals surface area contributed by atoms with Crippen molar-refractivity contribution >= 4 is 29.3 Å². The van der Waals surface area contributed by atoms with Gasteiger partial charge in [0, 0.05) is 24.0 Å². The van der Waals surface area contributed by atoms with Crippen LogP contribution >= 0.6 is 11.8 Å². The van der Waals surface area contributed by atoms with Gasteiger partial charge < -0.3 is 10.2 Å². The van der Waals surface area contributed by atoms with E-state index in [1.165, 1.54) is 0 Å². The maximum absolute atomic E-state index is 12.8. The fourth-order valence-electron chi connectivity index (χ4n) is 2.99. The van der Waals surface area contributed by atoms with Gasteiger partial charge in [0.2, 0.25) is 11.8 Å². The van der Waals surface area contributed by atoms with Crippen LogP contribution < -0.4 is 5.32 Å². The number of anilines is 1. The van der Waals surface area contributed by atoms with Crippen LogP contribution in [0.1, 0.15) is 26.7 Å². The van der Waals surface area contributed by atoms with Crippen molar-refractivity contribution in [3.05, 3.63) is 30.3 Å². The Morgan fingerprint density at radius 1 is 1.32 bits per heavy atom. The molecule has 6 heteroatoms. The van der Waals surface area contributed by atoms with E-state index < -0.39 is 6.04 Å². The van der Waals surface area contributed by atoms with Gasteiger partial charge in [-0.2, -0.15) is 11.8 Å². The lowest BCUT2D eigenvalue weighted by Crippen LogP contribution is -2.50. The van der Waals surface area contributed by atoms with Crippen molar-refractivity contribution in [2.45, 2.75) is 38.8 Å². The third-order valence-electron chi connectivity index (χ3n) is 4.59. The van der Waals surface area contributed by atoms with E-state index in [1.807, 2.05) is 56.1 Å². The van der Waals surface area contributed by atoms with E-state index in [2.05, 4.69) is 10.2 Å². The average molecular weight is 364 g/mol. The molecular weight excluding hydrogens is 334 g/mol. The normalized spacial score (nSPS) is 18.2. The summed E-state index contributed by atoms with van der Waals surface area (Å²) in [4.78, 5) is 29.2. The summed E-state index contributed by atoms with van der Waals surface area (Å²) in [6.45, 7) is 4.79. The van der Waals surface area contributed by atoms with Gasteiger partial charge in [-0.15, -0.1) is 0 Å². The lowest BCUT2D eigenvalue weighted by atomic mass is 10.2. The first-order valence-electron chi connectivity index (χ1n) is 8.96. The van der Waals surface area contributed by atoms with Crippen LogP contribution in [0.5, 0.6) is 0 Å². The predicted molar refractivity (Wildman–Crippen MR) is 105 cm³/mol. The molecule has 1 saturated heterocycles. The van der Waals surface area contributed by atoms with E-state index in [4.69, 9.17) is 0 Å². The van der Waals surface area contributed by atoms with Crippen molar-refractivity contribution in [2.75, 3.05) is 37.0 Å². The van der Waals surface area contributed by atoms with Gasteiger partial charge in [-0.3, -0.25) is 14.5 Å². The van der Waals surface area contributed by atoms with E-state index in [9.17, 15) is 9.59 Å². The number of hydrogen-bond donors (Lipinski definition) is 1. The van der Waals surface area contributed by atoms with Gasteiger partial charge >= 0.3 is 0 Å². The maximum Gasteiger partial charge on any atom is 0.246 e. The number of nitrogens with zero attached hydrogens (tertiary/aromatic N) is 2. The first-order valence-corrected chi connectivity index (χ1v) is 10.1. The Labute approximate surface area is 155 Å². The number of nitrogens with one attached hydrogen (secondary N) is 1. The van der Waals surface area contributed by atoms with E-state index in [1.54, 1.807) is 11.8 Å². The second-order valence-electron chi connectivity index (χ2n) is 6.55. The highest BCUT2D eigenvalue weighted by Gasteiger charge is 2.28. The molecule has 2 atom stereocenters. The van der Waals surface area contributed by atoms with Gasteiger partial charge in [0.1, 0.15) is 6.04 Å². The third-order valence-corrected chi connectivity index (χ3v) is 5.73. The number of para-hydroxylation sites is 1. The van der Waals surface area contributed by atoms with Crippen LogP contribution in [0.3, 0.4) is 0 Å². The average Bonchev–Trinajstić information content (AvgIpc) is 3.14. The molecule has 138 valence electrons. The van der Waals surface area contributed by atoms with Crippen LogP contribution in [0.2, 0.25) is 0 Å². The summed E-state index contributed by atoms with van der Waals surface area (Å²) >= 11 is 1.94. The van der Waals surface area contributed by atoms with Crippen LogP contribution in [0.15, 0.2) is 30.3 Å². The number of amides is 2. The summed E-state index contributed by atoms with van der Waals surface area (Å²) in [7, 11) is 2.01. The topological polar surface area (TPSA) is 52.7 Å². The minimum absolute atomic E-state index is 0.0250. The van der Waals surface area contributed by atoms with Crippen molar-refractivity contribution in [3.8, 4) is 0 Å². The molecule has 0 spiro atoms. The van der Waals surface area contributed by atoms with E-state index in [0.29, 0.717) is 19.1 Å². The summed E-state index contributed by atoms with van der Waals surface area (Å²) in [5.74, 6) is 2.13.